The van der Waals surface area contributed by atoms with E-state index < -0.39 is 0 Å². The predicted octanol–water partition coefficient (Wildman–Crippen LogP) is 4.33. The molecule has 0 spiro atoms. The van der Waals surface area contributed by atoms with Gasteiger partial charge in [-0.3, -0.25) is 4.98 Å². The second-order valence-electron chi connectivity index (χ2n) is 4.58. The van der Waals surface area contributed by atoms with Crippen molar-refractivity contribution in [2.24, 2.45) is 0 Å². The van der Waals surface area contributed by atoms with Gasteiger partial charge in [-0.1, -0.05) is 0 Å². The normalized spacial score (nSPS) is 10.6. The quantitative estimate of drug-likeness (QED) is 0.694. The molecule has 0 saturated heterocycles. The van der Waals surface area contributed by atoms with Crippen LogP contribution in [0.1, 0.15) is 0 Å². The molecule has 0 fully saturated rings. The fourth-order valence-corrected chi connectivity index (χ4v) is 2.74. The third-order valence-electron chi connectivity index (χ3n) is 3.23. The van der Waals surface area contributed by atoms with Crippen LogP contribution in [0.2, 0.25) is 0 Å². The molecule has 106 valence electrons. The number of rotatable bonds is 3. The Morgan fingerprint density at radius 3 is 2.81 bits per heavy atom. The van der Waals surface area contributed by atoms with E-state index in [4.69, 9.17) is 10.5 Å². The first-order valence-corrected chi connectivity index (χ1v) is 7.22. The number of nitrogen functional groups attached to an aromatic ring is 1. The summed E-state index contributed by atoms with van der Waals surface area (Å²) in [6.07, 6.45) is 1.76. The zero-order valence-electron chi connectivity index (χ0n) is 11.4. The molecule has 0 saturated carbocycles. The van der Waals surface area contributed by atoms with E-state index in [1.807, 2.05) is 42.5 Å². The van der Waals surface area contributed by atoms with E-state index in [2.05, 4.69) is 26.2 Å². The van der Waals surface area contributed by atoms with Crippen LogP contribution in [0.4, 0.5) is 17.1 Å². The van der Waals surface area contributed by atoms with Gasteiger partial charge in [0.2, 0.25) is 0 Å². The monoisotopic (exact) mass is 343 g/mol. The number of nitrogens with one attached hydrogen (secondary N) is 1. The Kier molecular flexibility index (Phi) is 3.66. The van der Waals surface area contributed by atoms with Crippen molar-refractivity contribution < 1.29 is 4.74 Å². The maximum atomic E-state index is 5.99. The molecule has 4 nitrogen and oxygen atoms in total. The SMILES string of the molecule is COc1ccc(Nc2ccc(N)c3cccnc23)cc1Br. The number of benzene rings is 2. The number of fused-ring (bicyclic) bond motifs is 1. The van der Waals surface area contributed by atoms with Gasteiger partial charge in [-0.05, 0) is 58.4 Å². The first kappa shape index (κ1) is 13.7. The number of halogens is 1. The Morgan fingerprint density at radius 2 is 2.05 bits per heavy atom. The molecular formula is C16H14BrN3O. The molecule has 0 amide bonds. The molecule has 3 N–H and O–H groups in total. The number of hydrogen-bond donors (Lipinski definition) is 2. The van der Waals surface area contributed by atoms with E-state index in [-0.39, 0.29) is 0 Å². The van der Waals surface area contributed by atoms with Crippen LogP contribution < -0.4 is 15.8 Å². The molecule has 0 aliphatic rings. The first-order valence-electron chi connectivity index (χ1n) is 6.43. The van der Waals surface area contributed by atoms with E-state index >= 15 is 0 Å². The minimum atomic E-state index is 0.722. The van der Waals surface area contributed by atoms with Gasteiger partial charge in [0.15, 0.2) is 0 Å². The van der Waals surface area contributed by atoms with Crippen LogP contribution in [-0.4, -0.2) is 12.1 Å². The summed E-state index contributed by atoms with van der Waals surface area (Å²) >= 11 is 3.48. The highest BCUT2D eigenvalue weighted by atomic mass is 79.9. The first-order chi connectivity index (χ1) is 10.2. The summed E-state index contributed by atoms with van der Waals surface area (Å²) in [5.74, 6) is 0.792. The van der Waals surface area contributed by atoms with Crippen molar-refractivity contribution >= 4 is 43.9 Å². The molecule has 3 aromatic rings. The van der Waals surface area contributed by atoms with Gasteiger partial charge in [-0.15, -0.1) is 0 Å². The highest BCUT2D eigenvalue weighted by Gasteiger charge is 2.07. The summed E-state index contributed by atoms with van der Waals surface area (Å²) in [5, 5.41) is 4.30. The molecule has 21 heavy (non-hydrogen) atoms. The summed E-state index contributed by atoms with van der Waals surface area (Å²) < 4.78 is 6.12. The van der Waals surface area contributed by atoms with Crippen molar-refractivity contribution in [2.75, 3.05) is 18.2 Å². The standard InChI is InChI=1S/C16H14BrN3O/c1-21-15-7-4-10(9-12(15)17)20-14-6-5-13(18)11-3-2-8-19-16(11)14/h2-9,20H,18H2,1H3. The van der Waals surface area contributed by atoms with E-state index in [9.17, 15) is 0 Å². The van der Waals surface area contributed by atoms with E-state index in [0.717, 1.165) is 38.2 Å². The number of ether oxygens (including phenoxy) is 1. The molecule has 2 aromatic carbocycles. The highest BCUT2D eigenvalue weighted by molar-refractivity contribution is 9.10. The van der Waals surface area contributed by atoms with E-state index in [1.54, 1.807) is 13.3 Å². The fraction of sp³-hybridized carbons (Fsp3) is 0.0625. The van der Waals surface area contributed by atoms with Crippen LogP contribution in [0.25, 0.3) is 10.9 Å². The third-order valence-corrected chi connectivity index (χ3v) is 3.85. The van der Waals surface area contributed by atoms with Crippen LogP contribution in [0.5, 0.6) is 5.75 Å². The summed E-state index contributed by atoms with van der Waals surface area (Å²) in [6, 6.07) is 13.5. The molecular weight excluding hydrogens is 330 g/mol. The molecule has 5 heteroatoms. The molecule has 1 aromatic heterocycles. The van der Waals surface area contributed by atoms with E-state index in [1.165, 1.54) is 0 Å². The Labute approximate surface area is 131 Å². The lowest BCUT2D eigenvalue weighted by Crippen LogP contribution is -1.96. The Bertz CT molecular complexity index is 805. The average Bonchev–Trinajstić information content (AvgIpc) is 2.51. The summed E-state index contributed by atoms with van der Waals surface area (Å²) in [6.45, 7) is 0. The summed E-state index contributed by atoms with van der Waals surface area (Å²) in [5.41, 5.74) is 9.42. The zero-order chi connectivity index (χ0) is 14.8. The lowest BCUT2D eigenvalue weighted by Gasteiger charge is -2.12. The van der Waals surface area contributed by atoms with Gasteiger partial charge in [0.1, 0.15) is 5.75 Å². The van der Waals surface area contributed by atoms with Crippen LogP contribution in [-0.2, 0) is 0 Å². The lowest BCUT2D eigenvalue weighted by atomic mass is 10.1. The minimum Gasteiger partial charge on any atom is -0.496 e. The molecule has 3 rings (SSSR count). The lowest BCUT2D eigenvalue weighted by molar-refractivity contribution is 0.412. The smallest absolute Gasteiger partial charge is 0.133 e. The van der Waals surface area contributed by atoms with Crippen molar-refractivity contribution in [1.29, 1.82) is 0 Å². The summed E-state index contributed by atoms with van der Waals surface area (Å²) in [7, 11) is 1.64. The number of methoxy groups -OCH3 is 1. The van der Waals surface area contributed by atoms with Crippen LogP contribution in [0.3, 0.4) is 0 Å². The van der Waals surface area contributed by atoms with Gasteiger partial charge < -0.3 is 15.8 Å². The van der Waals surface area contributed by atoms with E-state index in [0.29, 0.717) is 0 Å². The van der Waals surface area contributed by atoms with Gasteiger partial charge in [0.05, 0.1) is 22.8 Å². The van der Waals surface area contributed by atoms with Crippen LogP contribution >= 0.6 is 15.9 Å². The molecule has 1 heterocycles. The number of anilines is 3. The van der Waals surface area contributed by atoms with Crippen LogP contribution in [0, 0.1) is 0 Å². The highest BCUT2D eigenvalue weighted by Crippen LogP contribution is 2.32. The number of aromatic nitrogens is 1. The maximum Gasteiger partial charge on any atom is 0.133 e. The molecule has 0 radical (unpaired) electrons. The van der Waals surface area contributed by atoms with Crippen molar-refractivity contribution in [2.45, 2.75) is 0 Å². The minimum absolute atomic E-state index is 0.722. The van der Waals surface area contributed by atoms with Crippen molar-refractivity contribution in [1.82, 2.24) is 4.98 Å². The molecule has 0 bridgehead atoms. The summed E-state index contributed by atoms with van der Waals surface area (Å²) in [4.78, 5) is 4.42. The number of hydrogen-bond acceptors (Lipinski definition) is 4. The van der Waals surface area contributed by atoms with Crippen molar-refractivity contribution in [3.63, 3.8) is 0 Å². The molecule has 0 unspecified atom stereocenters. The molecule has 0 aliphatic carbocycles. The average molecular weight is 344 g/mol. The van der Waals surface area contributed by atoms with Gasteiger partial charge in [0, 0.05) is 23.0 Å². The maximum absolute atomic E-state index is 5.99. The van der Waals surface area contributed by atoms with Crippen molar-refractivity contribution in [3.05, 3.63) is 53.1 Å². The zero-order valence-corrected chi connectivity index (χ0v) is 13.0. The second-order valence-corrected chi connectivity index (χ2v) is 5.43. The van der Waals surface area contributed by atoms with Gasteiger partial charge >= 0.3 is 0 Å². The van der Waals surface area contributed by atoms with Gasteiger partial charge in [0.25, 0.3) is 0 Å². The Morgan fingerprint density at radius 1 is 1.19 bits per heavy atom. The fourth-order valence-electron chi connectivity index (χ4n) is 2.20. The van der Waals surface area contributed by atoms with Gasteiger partial charge in [-0.2, -0.15) is 0 Å². The topological polar surface area (TPSA) is 60.2 Å². The van der Waals surface area contributed by atoms with Crippen LogP contribution in [0.15, 0.2) is 53.1 Å². The van der Waals surface area contributed by atoms with Gasteiger partial charge in [-0.25, -0.2) is 0 Å². The third kappa shape index (κ3) is 2.64. The second kappa shape index (κ2) is 5.61. The Hall–Kier alpha value is -2.27. The number of nitrogens with two attached hydrogens (primary N) is 1. The predicted molar refractivity (Wildman–Crippen MR) is 90.1 cm³/mol. The largest absolute Gasteiger partial charge is 0.496 e. The van der Waals surface area contributed by atoms with Crippen molar-refractivity contribution in [3.8, 4) is 5.75 Å². The number of nitrogens with zero attached hydrogens (tertiary/aromatic N) is 1. The Balaban J connectivity index is 2.02. The number of pyridine rings is 1. The molecule has 0 aliphatic heterocycles. The molecule has 0 atom stereocenters.